The number of carbonyl (C=O) groups is 1. The predicted molar refractivity (Wildman–Crippen MR) is 114 cm³/mol. The molecule has 0 aliphatic heterocycles. The summed E-state index contributed by atoms with van der Waals surface area (Å²) in [6.45, 7) is -0.0564. The lowest BCUT2D eigenvalue weighted by Crippen LogP contribution is -2.27. The van der Waals surface area contributed by atoms with Gasteiger partial charge in [-0.25, -0.2) is 0 Å². The molecule has 0 aliphatic carbocycles. The smallest absolute Gasteiger partial charge is 0.258 e. The minimum absolute atomic E-state index is 0.0564. The van der Waals surface area contributed by atoms with E-state index in [1.54, 1.807) is 36.5 Å². The minimum atomic E-state index is -0.277. The average molecular weight is 382 g/mol. The molecule has 4 rings (SSSR count). The fourth-order valence-corrected chi connectivity index (χ4v) is 2.93. The molecule has 3 aromatic carbocycles. The van der Waals surface area contributed by atoms with Crippen LogP contribution in [0.2, 0.25) is 0 Å². The van der Waals surface area contributed by atoms with Crippen LogP contribution in [0.25, 0.3) is 10.8 Å². The number of azo groups is 1. The van der Waals surface area contributed by atoms with Crippen molar-refractivity contribution in [1.82, 2.24) is 4.57 Å². The topological polar surface area (TPSA) is 75.8 Å². The van der Waals surface area contributed by atoms with E-state index in [1.807, 2.05) is 54.6 Å². The monoisotopic (exact) mass is 382 g/mol. The highest BCUT2D eigenvalue weighted by molar-refractivity contribution is 5.91. The van der Waals surface area contributed by atoms with Gasteiger partial charge in [-0.3, -0.25) is 9.59 Å². The summed E-state index contributed by atoms with van der Waals surface area (Å²) in [5.41, 5.74) is 1.89. The summed E-state index contributed by atoms with van der Waals surface area (Å²) in [5.74, 6) is -0.277. The average Bonchev–Trinajstić information content (AvgIpc) is 2.76. The lowest BCUT2D eigenvalue weighted by Gasteiger charge is -2.08. The number of carbonyl (C=O) groups excluding carboxylic acids is 1. The highest BCUT2D eigenvalue weighted by atomic mass is 16.2. The fourth-order valence-electron chi connectivity index (χ4n) is 2.93. The predicted octanol–water partition coefficient (Wildman–Crippen LogP) is 5.06. The lowest BCUT2D eigenvalue weighted by atomic mass is 10.2. The molecule has 1 aromatic heterocycles. The molecule has 142 valence electrons. The summed E-state index contributed by atoms with van der Waals surface area (Å²) in [6.07, 6.45) is 1.64. The van der Waals surface area contributed by atoms with Gasteiger partial charge in [0.1, 0.15) is 6.54 Å². The van der Waals surface area contributed by atoms with E-state index in [0.717, 1.165) is 11.1 Å². The standard InChI is InChI=1S/C23H18N4O2/c28-22(16-27-15-14-17-6-4-5-9-21(17)23(27)29)24-18-10-12-20(13-11-18)26-25-19-7-2-1-3-8-19/h1-15H,16H2,(H,24,28). The Labute approximate surface area is 167 Å². The van der Waals surface area contributed by atoms with Crippen molar-refractivity contribution >= 4 is 33.7 Å². The van der Waals surface area contributed by atoms with Crippen molar-refractivity contribution in [2.75, 3.05) is 5.32 Å². The van der Waals surface area contributed by atoms with E-state index >= 15 is 0 Å². The van der Waals surface area contributed by atoms with Crippen molar-refractivity contribution < 1.29 is 4.79 Å². The normalized spacial score (nSPS) is 11.0. The second-order valence-corrected chi connectivity index (χ2v) is 6.47. The number of nitrogens with zero attached hydrogens (tertiary/aromatic N) is 3. The van der Waals surface area contributed by atoms with Crippen LogP contribution >= 0.6 is 0 Å². The number of nitrogens with one attached hydrogen (secondary N) is 1. The third-order valence-electron chi connectivity index (χ3n) is 4.39. The van der Waals surface area contributed by atoms with E-state index in [1.165, 1.54) is 4.57 Å². The van der Waals surface area contributed by atoms with Crippen LogP contribution in [0.5, 0.6) is 0 Å². The number of anilines is 1. The van der Waals surface area contributed by atoms with Crippen molar-refractivity contribution in [1.29, 1.82) is 0 Å². The minimum Gasteiger partial charge on any atom is -0.325 e. The van der Waals surface area contributed by atoms with Gasteiger partial charge >= 0.3 is 0 Å². The Morgan fingerprint density at radius 1 is 0.793 bits per heavy atom. The lowest BCUT2D eigenvalue weighted by molar-refractivity contribution is -0.116. The number of hydrogen-bond donors (Lipinski definition) is 1. The molecule has 1 N–H and O–H groups in total. The maximum Gasteiger partial charge on any atom is 0.258 e. The Morgan fingerprint density at radius 2 is 1.45 bits per heavy atom. The number of rotatable bonds is 5. The molecule has 0 radical (unpaired) electrons. The molecule has 0 aliphatic rings. The Morgan fingerprint density at radius 3 is 2.21 bits per heavy atom. The van der Waals surface area contributed by atoms with E-state index in [2.05, 4.69) is 15.5 Å². The quantitative estimate of drug-likeness (QED) is 0.490. The summed E-state index contributed by atoms with van der Waals surface area (Å²) in [7, 11) is 0. The largest absolute Gasteiger partial charge is 0.325 e. The molecule has 0 spiro atoms. The Kier molecular flexibility index (Phi) is 5.25. The number of amides is 1. The first-order chi connectivity index (χ1) is 14.2. The van der Waals surface area contributed by atoms with E-state index < -0.39 is 0 Å². The zero-order valence-electron chi connectivity index (χ0n) is 15.5. The van der Waals surface area contributed by atoms with E-state index in [4.69, 9.17) is 0 Å². The maximum atomic E-state index is 12.5. The highest BCUT2D eigenvalue weighted by Gasteiger charge is 2.07. The maximum absolute atomic E-state index is 12.5. The highest BCUT2D eigenvalue weighted by Crippen LogP contribution is 2.20. The number of fused-ring (bicyclic) bond motifs is 1. The Balaban J connectivity index is 1.42. The Bertz CT molecular complexity index is 1230. The molecule has 6 heteroatoms. The van der Waals surface area contributed by atoms with Crippen molar-refractivity contribution in [2.24, 2.45) is 10.2 Å². The van der Waals surface area contributed by atoms with Crippen LogP contribution in [-0.4, -0.2) is 10.5 Å². The van der Waals surface area contributed by atoms with E-state index in [-0.39, 0.29) is 18.0 Å². The van der Waals surface area contributed by atoms with Gasteiger partial charge in [-0.15, -0.1) is 0 Å². The van der Waals surface area contributed by atoms with Gasteiger partial charge in [0.25, 0.3) is 5.56 Å². The second kappa shape index (κ2) is 8.31. The fraction of sp³-hybridized carbons (Fsp3) is 0.0435. The summed E-state index contributed by atoms with van der Waals surface area (Å²) in [4.78, 5) is 24.9. The number of hydrogen-bond acceptors (Lipinski definition) is 4. The zero-order valence-corrected chi connectivity index (χ0v) is 15.5. The van der Waals surface area contributed by atoms with Crippen LogP contribution in [0.3, 0.4) is 0 Å². The summed E-state index contributed by atoms with van der Waals surface area (Å²) >= 11 is 0. The molecule has 1 heterocycles. The summed E-state index contributed by atoms with van der Waals surface area (Å²) in [5, 5.41) is 12.6. The molecular formula is C23H18N4O2. The first-order valence-electron chi connectivity index (χ1n) is 9.14. The molecule has 0 unspecified atom stereocenters. The molecule has 0 saturated carbocycles. The molecular weight excluding hydrogens is 364 g/mol. The molecule has 4 aromatic rings. The van der Waals surface area contributed by atoms with Gasteiger partial charge in [0.2, 0.25) is 5.91 Å². The summed E-state index contributed by atoms with van der Waals surface area (Å²) in [6, 6.07) is 25.6. The van der Waals surface area contributed by atoms with Crippen LogP contribution in [0, 0.1) is 0 Å². The van der Waals surface area contributed by atoms with Crippen molar-refractivity contribution in [3.05, 3.63) is 101 Å². The first-order valence-corrected chi connectivity index (χ1v) is 9.14. The van der Waals surface area contributed by atoms with Crippen LogP contribution in [0.4, 0.5) is 17.1 Å². The van der Waals surface area contributed by atoms with Gasteiger partial charge in [-0.1, -0.05) is 36.4 Å². The second-order valence-electron chi connectivity index (χ2n) is 6.47. The molecule has 0 atom stereocenters. The molecule has 0 bridgehead atoms. The molecule has 0 saturated heterocycles. The van der Waals surface area contributed by atoms with Crippen LogP contribution < -0.4 is 10.9 Å². The third-order valence-corrected chi connectivity index (χ3v) is 4.39. The van der Waals surface area contributed by atoms with E-state index in [0.29, 0.717) is 16.8 Å². The van der Waals surface area contributed by atoms with Gasteiger partial charge in [0.05, 0.1) is 11.4 Å². The number of pyridine rings is 1. The molecule has 1 amide bonds. The van der Waals surface area contributed by atoms with Crippen molar-refractivity contribution in [3.8, 4) is 0 Å². The van der Waals surface area contributed by atoms with Crippen molar-refractivity contribution in [3.63, 3.8) is 0 Å². The van der Waals surface area contributed by atoms with Gasteiger partial charge in [-0.2, -0.15) is 10.2 Å². The number of aromatic nitrogens is 1. The van der Waals surface area contributed by atoms with Crippen LogP contribution in [-0.2, 0) is 11.3 Å². The van der Waals surface area contributed by atoms with Gasteiger partial charge in [0.15, 0.2) is 0 Å². The van der Waals surface area contributed by atoms with E-state index in [9.17, 15) is 9.59 Å². The van der Waals surface area contributed by atoms with Gasteiger partial charge in [0, 0.05) is 17.3 Å². The van der Waals surface area contributed by atoms with Crippen molar-refractivity contribution in [2.45, 2.75) is 6.54 Å². The molecule has 0 fully saturated rings. The summed E-state index contributed by atoms with van der Waals surface area (Å²) < 4.78 is 1.40. The Hall–Kier alpha value is -4.06. The third kappa shape index (κ3) is 4.44. The SMILES string of the molecule is O=C(Cn1ccc2ccccc2c1=O)Nc1ccc(N=Nc2ccccc2)cc1. The molecule has 29 heavy (non-hydrogen) atoms. The van der Waals surface area contributed by atoms with Crippen LogP contribution in [0.15, 0.2) is 106 Å². The van der Waals surface area contributed by atoms with Gasteiger partial charge in [-0.05, 0) is 53.9 Å². The zero-order chi connectivity index (χ0) is 20.1. The number of benzene rings is 3. The van der Waals surface area contributed by atoms with Crippen LogP contribution in [0.1, 0.15) is 0 Å². The first kappa shape index (κ1) is 18.3. The molecule has 6 nitrogen and oxygen atoms in total. The van der Waals surface area contributed by atoms with Gasteiger partial charge < -0.3 is 9.88 Å².